The minimum Gasteiger partial charge on any atom is -0.289 e. The first-order valence-electron chi connectivity index (χ1n) is 2.35. The van der Waals surface area contributed by atoms with Gasteiger partial charge in [0, 0.05) is 4.57 Å². The molecule has 0 saturated carbocycles. The monoisotopic (exact) mass is 169 g/mol. The van der Waals surface area contributed by atoms with Gasteiger partial charge >= 0.3 is 8.25 Å². The lowest BCUT2D eigenvalue weighted by Gasteiger charge is -1.95. The summed E-state index contributed by atoms with van der Waals surface area (Å²) in [7, 11) is -2.41. The molecule has 0 fully saturated rings. The van der Waals surface area contributed by atoms with Gasteiger partial charge < -0.3 is 0 Å². The first kappa shape index (κ1) is 9.86. The molecule has 0 unspecified atom stereocenters. The van der Waals surface area contributed by atoms with Gasteiger partial charge in [-0.2, -0.15) is 0 Å². The van der Waals surface area contributed by atoms with Gasteiger partial charge in [-0.05, 0) is 0 Å². The second-order valence-electron chi connectivity index (χ2n) is 1.36. The maximum Gasteiger partial charge on any atom is 0.703 e. The third-order valence-electron chi connectivity index (χ3n) is 0.416. The van der Waals surface area contributed by atoms with Crippen LogP contribution in [0.4, 0.5) is 0 Å². The molecule has 0 saturated heterocycles. The summed E-state index contributed by atoms with van der Waals surface area (Å²) in [5.41, 5.74) is 19.5. The lowest BCUT2D eigenvalue weighted by molar-refractivity contribution is 0.140. The number of nitrogens with two attached hydrogens (primary N) is 4. The molecule has 0 aliphatic rings. The van der Waals surface area contributed by atoms with E-state index in [4.69, 9.17) is 22.9 Å². The van der Waals surface area contributed by atoms with Crippen molar-refractivity contribution in [2.75, 3.05) is 0 Å². The SMILES string of the molecule is NC(N)O[P+](=O)OC(N)N. The van der Waals surface area contributed by atoms with Crippen LogP contribution in [0.3, 0.4) is 0 Å². The van der Waals surface area contributed by atoms with Gasteiger partial charge in [0.05, 0.1) is 0 Å². The molecule has 0 rings (SSSR count). The van der Waals surface area contributed by atoms with Gasteiger partial charge in [0.1, 0.15) is 0 Å². The Labute approximate surface area is 58.6 Å². The highest BCUT2D eigenvalue weighted by Crippen LogP contribution is 2.23. The van der Waals surface area contributed by atoms with Crippen molar-refractivity contribution in [1.82, 2.24) is 0 Å². The van der Waals surface area contributed by atoms with Crippen LogP contribution >= 0.6 is 8.25 Å². The summed E-state index contributed by atoms with van der Waals surface area (Å²) in [6.45, 7) is 0. The minimum atomic E-state index is -2.41. The van der Waals surface area contributed by atoms with Crippen molar-refractivity contribution < 1.29 is 13.6 Å². The van der Waals surface area contributed by atoms with Gasteiger partial charge in [-0.3, -0.25) is 22.9 Å². The Hall–Kier alpha value is -0.140. The Balaban J connectivity index is 3.44. The summed E-state index contributed by atoms with van der Waals surface area (Å²) >= 11 is 0. The van der Waals surface area contributed by atoms with E-state index in [2.05, 4.69) is 9.05 Å². The van der Waals surface area contributed by atoms with Crippen molar-refractivity contribution in [3.05, 3.63) is 0 Å². The lowest BCUT2D eigenvalue weighted by atomic mass is 11.1. The van der Waals surface area contributed by atoms with Crippen molar-refractivity contribution in [2.24, 2.45) is 22.9 Å². The van der Waals surface area contributed by atoms with Gasteiger partial charge in [0.15, 0.2) is 0 Å². The van der Waals surface area contributed by atoms with E-state index < -0.39 is 21.0 Å². The van der Waals surface area contributed by atoms with E-state index in [1.807, 2.05) is 0 Å². The number of hydrogen-bond acceptors (Lipinski definition) is 7. The van der Waals surface area contributed by atoms with Crippen LogP contribution in [0, 0.1) is 0 Å². The van der Waals surface area contributed by atoms with E-state index in [0.29, 0.717) is 0 Å². The van der Waals surface area contributed by atoms with Crippen molar-refractivity contribution in [1.29, 1.82) is 0 Å². The van der Waals surface area contributed by atoms with Crippen LogP contribution in [0.2, 0.25) is 0 Å². The van der Waals surface area contributed by atoms with Crippen LogP contribution in [0.15, 0.2) is 0 Å². The second-order valence-corrected chi connectivity index (χ2v) is 2.23. The van der Waals surface area contributed by atoms with Crippen LogP contribution in [0.5, 0.6) is 0 Å². The van der Waals surface area contributed by atoms with E-state index in [1.54, 1.807) is 0 Å². The summed E-state index contributed by atoms with van der Waals surface area (Å²) in [6, 6.07) is 0. The van der Waals surface area contributed by atoms with E-state index >= 15 is 0 Å². The first-order valence-corrected chi connectivity index (χ1v) is 3.45. The van der Waals surface area contributed by atoms with Crippen molar-refractivity contribution >= 4 is 8.25 Å². The van der Waals surface area contributed by atoms with Crippen LogP contribution in [-0.2, 0) is 13.6 Å². The average Bonchev–Trinajstić information content (AvgIpc) is 1.58. The summed E-state index contributed by atoms with van der Waals surface area (Å²) < 4.78 is 18.9. The van der Waals surface area contributed by atoms with E-state index in [0.717, 1.165) is 0 Å². The highest BCUT2D eigenvalue weighted by Gasteiger charge is 2.25. The molecule has 0 spiro atoms. The van der Waals surface area contributed by atoms with Gasteiger partial charge in [-0.15, -0.1) is 0 Å². The van der Waals surface area contributed by atoms with Gasteiger partial charge in [-0.25, -0.2) is 0 Å². The maximum absolute atomic E-state index is 10.4. The molecule has 10 heavy (non-hydrogen) atoms. The summed E-state index contributed by atoms with van der Waals surface area (Å²) in [5.74, 6) is 0. The fourth-order valence-corrected chi connectivity index (χ4v) is 0.671. The first-order chi connectivity index (χ1) is 4.52. The van der Waals surface area contributed by atoms with Crippen LogP contribution < -0.4 is 22.9 Å². The quantitative estimate of drug-likeness (QED) is 0.284. The molecule has 0 atom stereocenters. The van der Waals surface area contributed by atoms with Crippen molar-refractivity contribution in [3.8, 4) is 0 Å². The molecular weight excluding hydrogens is 159 g/mol. The van der Waals surface area contributed by atoms with E-state index in [1.165, 1.54) is 0 Å². The molecule has 0 radical (unpaired) electrons. The molecule has 60 valence electrons. The molecule has 0 bridgehead atoms. The predicted octanol–water partition coefficient (Wildman–Crippen LogP) is -1.92. The Kier molecular flexibility index (Phi) is 4.58. The number of hydrogen-bond donors (Lipinski definition) is 4. The fourth-order valence-electron chi connectivity index (χ4n) is 0.224. The third kappa shape index (κ3) is 5.99. The van der Waals surface area contributed by atoms with Gasteiger partial charge in [0.2, 0.25) is 12.7 Å². The molecular formula is C2H10N4O3P+. The lowest BCUT2D eigenvalue weighted by Crippen LogP contribution is -2.34. The molecule has 0 aliphatic carbocycles. The van der Waals surface area contributed by atoms with E-state index in [9.17, 15) is 4.57 Å². The van der Waals surface area contributed by atoms with Crippen LogP contribution in [0.1, 0.15) is 0 Å². The largest absolute Gasteiger partial charge is 0.703 e. The van der Waals surface area contributed by atoms with Crippen LogP contribution in [0.25, 0.3) is 0 Å². The topological polar surface area (TPSA) is 140 Å². The number of rotatable bonds is 4. The molecule has 0 aliphatic heterocycles. The Morgan fingerprint density at radius 3 is 1.50 bits per heavy atom. The highest BCUT2D eigenvalue weighted by molar-refractivity contribution is 7.33. The molecule has 8 N–H and O–H groups in total. The zero-order valence-corrected chi connectivity index (χ0v) is 6.03. The summed E-state index contributed by atoms with van der Waals surface area (Å²) in [6.07, 6.45) is -2.30. The summed E-state index contributed by atoms with van der Waals surface area (Å²) in [4.78, 5) is 0. The Morgan fingerprint density at radius 2 is 1.30 bits per heavy atom. The minimum absolute atomic E-state index is 1.15. The molecule has 0 heterocycles. The normalized spacial score (nSPS) is 11.0. The third-order valence-corrected chi connectivity index (χ3v) is 1.25. The molecule has 0 aromatic heterocycles. The molecule has 7 nitrogen and oxygen atoms in total. The predicted molar refractivity (Wildman–Crippen MR) is 34.1 cm³/mol. The zero-order chi connectivity index (χ0) is 8.15. The smallest absolute Gasteiger partial charge is 0.289 e. The average molecular weight is 169 g/mol. The van der Waals surface area contributed by atoms with Crippen LogP contribution in [-0.4, -0.2) is 12.7 Å². The maximum atomic E-state index is 10.4. The van der Waals surface area contributed by atoms with E-state index in [-0.39, 0.29) is 0 Å². The van der Waals surface area contributed by atoms with Crippen molar-refractivity contribution in [2.45, 2.75) is 12.7 Å². The summed E-state index contributed by atoms with van der Waals surface area (Å²) in [5, 5.41) is 0. The second kappa shape index (κ2) is 4.64. The molecule has 8 heteroatoms. The van der Waals surface area contributed by atoms with Gasteiger partial charge in [0.25, 0.3) is 0 Å². The molecule has 0 amide bonds. The zero-order valence-electron chi connectivity index (χ0n) is 5.14. The standard InChI is InChI=1S/C2H10N4O3P/c3-1(4)8-10(7)9-2(5)6/h1-2H,3-6H2/q+1. The Morgan fingerprint density at radius 1 is 1.00 bits per heavy atom. The van der Waals surface area contributed by atoms with Crippen molar-refractivity contribution in [3.63, 3.8) is 0 Å². The molecule has 0 aromatic rings. The highest BCUT2D eigenvalue weighted by atomic mass is 31.1. The fraction of sp³-hybridized carbons (Fsp3) is 1.00. The molecule has 0 aromatic carbocycles. The Bertz CT molecular complexity index is 105. The van der Waals surface area contributed by atoms with Gasteiger partial charge in [-0.1, -0.05) is 9.05 Å².